The molecular formula is C20H20BrNO4. The number of para-hydroxylation sites is 1. The third-order valence-corrected chi connectivity index (χ3v) is 4.88. The van der Waals surface area contributed by atoms with Gasteiger partial charge in [0.15, 0.2) is 0 Å². The molecule has 0 bridgehead atoms. The molecule has 6 heteroatoms. The fourth-order valence-electron chi connectivity index (χ4n) is 2.91. The second-order valence-electron chi connectivity index (χ2n) is 5.91. The van der Waals surface area contributed by atoms with E-state index in [1.807, 2.05) is 43.3 Å². The highest BCUT2D eigenvalue weighted by Crippen LogP contribution is 2.29. The van der Waals surface area contributed by atoms with Gasteiger partial charge in [-0.3, -0.25) is 4.79 Å². The number of nitrogens with zero attached hydrogens (tertiary/aromatic N) is 1. The van der Waals surface area contributed by atoms with Crippen LogP contribution in [0.4, 0.5) is 5.69 Å². The summed E-state index contributed by atoms with van der Waals surface area (Å²) < 4.78 is 11.7. The van der Waals surface area contributed by atoms with Gasteiger partial charge in [0.1, 0.15) is 19.0 Å². The maximum absolute atomic E-state index is 12.2. The van der Waals surface area contributed by atoms with E-state index in [2.05, 4.69) is 15.9 Å². The quantitative estimate of drug-likeness (QED) is 0.526. The number of carbonyl (C=O) groups excluding carboxylic acids is 2. The lowest BCUT2D eigenvalue weighted by molar-refractivity contribution is -0.118. The molecule has 2 aromatic rings. The maximum Gasteiger partial charge on any atom is 0.338 e. The van der Waals surface area contributed by atoms with Gasteiger partial charge in [-0.05, 0) is 58.2 Å². The molecular weight excluding hydrogens is 398 g/mol. The van der Waals surface area contributed by atoms with E-state index in [4.69, 9.17) is 9.47 Å². The lowest BCUT2D eigenvalue weighted by Crippen LogP contribution is -2.27. The van der Waals surface area contributed by atoms with Crippen molar-refractivity contribution in [3.8, 4) is 5.75 Å². The minimum atomic E-state index is -0.385. The molecule has 0 N–H and O–H groups in total. The van der Waals surface area contributed by atoms with Crippen LogP contribution in [0.5, 0.6) is 5.75 Å². The van der Waals surface area contributed by atoms with Gasteiger partial charge in [0.05, 0.1) is 10.0 Å². The Labute approximate surface area is 161 Å². The topological polar surface area (TPSA) is 55.8 Å². The van der Waals surface area contributed by atoms with E-state index in [-0.39, 0.29) is 25.1 Å². The molecule has 1 amide bonds. The van der Waals surface area contributed by atoms with Gasteiger partial charge in [-0.15, -0.1) is 0 Å². The van der Waals surface area contributed by atoms with Crippen molar-refractivity contribution in [2.45, 2.75) is 19.8 Å². The van der Waals surface area contributed by atoms with E-state index in [1.165, 1.54) is 0 Å². The van der Waals surface area contributed by atoms with Gasteiger partial charge in [0.25, 0.3) is 0 Å². The first kappa shape index (κ1) is 18.5. The summed E-state index contributed by atoms with van der Waals surface area (Å²) in [5.74, 6) is 0.425. The van der Waals surface area contributed by atoms with Crippen LogP contribution < -0.4 is 9.64 Å². The van der Waals surface area contributed by atoms with Gasteiger partial charge in [0.2, 0.25) is 5.91 Å². The molecule has 0 unspecified atom stereocenters. The standard InChI is InChI=1S/C20H20BrNO4/c1-2-19(23)22-10-9-14-13-15(7-8-17(14)22)20(24)26-12-11-25-18-6-4-3-5-16(18)21/h3-8,13H,2,9-12H2,1H3. The number of hydrogen-bond donors (Lipinski definition) is 0. The first-order valence-corrected chi connectivity index (χ1v) is 9.37. The molecule has 0 radical (unpaired) electrons. The van der Waals surface area contributed by atoms with Crippen LogP contribution in [-0.4, -0.2) is 31.6 Å². The van der Waals surface area contributed by atoms with Gasteiger partial charge < -0.3 is 14.4 Å². The van der Waals surface area contributed by atoms with Crippen molar-refractivity contribution in [2.24, 2.45) is 0 Å². The largest absolute Gasteiger partial charge is 0.489 e. The number of halogens is 1. The fourth-order valence-corrected chi connectivity index (χ4v) is 3.31. The molecule has 5 nitrogen and oxygen atoms in total. The van der Waals surface area contributed by atoms with E-state index in [9.17, 15) is 9.59 Å². The van der Waals surface area contributed by atoms with Crippen LogP contribution in [-0.2, 0) is 16.0 Å². The number of hydrogen-bond acceptors (Lipinski definition) is 4. The summed E-state index contributed by atoms with van der Waals surface area (Å²) in [6.45, 7) is 2.96. The van der Waals surface area contributed by atoms with E-state index >= 15 is 0 Å². The Morgan fingerprint density at radius 2 is 1.96 bits per heavy atom. The Hall–Kier alpha value is -2.34. The highest BCUT2D eigenvalue weighted by Gasteiger charge is 2.24. The van der Waals surface area contributed by atoms with Crippen molar-refractivity contribution in [3.63, 3.8) is 0 Å². The Morgan fingerprint density at radius 1 is 1.15 bits per heavy atom. The molecule has 1 heterocycles. The first-order chi connectivity index (χ1) is 12.6. The summed E-state index contributed by atoms with van der Waals surface area (Å²) in [5.41, 5.74) is 2.40. The van der Waals surface area contributed by atoms with Gasteiger partial charge in [-0.25, -0.2) is 4.79 Å². The van der Waals surface area contributed by atoms with Crippen LogP contribution in [0.2, 0.25) is 0 Å². The van der Waals surface area contributed by atoms with Crippen LogP contribution in [0.25, 0.3) is 0 Å². The number of fused-ring (bicyclic) bond motifs is 1. The molecule has 0 atom stereocenters. The normalized spacial score (nSPS) is 12.6. The number of ether oxygens (including phenoxy) is 2. The predicted molar refractivity (Wildman–Crippen MR) is 103 cm³/mol. The fraction of sp³-hybridized carbons (Fsp3) is 0.300. The van der Waals surface area contributed by atoms with Crippen molar-refractivity contribution in [3.05, 3.63) is 58.1 Å². The molecule has 0 aromatic heterocycles. The van der Waals surface area contributed by atoms with Crippen molar-refractivity contribution < 1.29 is 19.1 Å². The third-order valence-electron chi connectivity index (χ3n) is 4.22. The molecule has 26 heavy (non-hydrogen) atoms. The second kappa shape index (κ2) is 8.36. The van der Waals surface area contributed by atoms with Gasteiger partial charge in [-0.2, -0.15) is 0 Å². The molecule has 136 valence electrons. The Kier molecular flexibility index (Phi) is 5.93. The highest BCUT2D eigenvalue weighted by molar-refractivity contribution is 9.10. The molecule has 0 fully saturated rings. The number of amides is 1. The second-order valence-corrected chi connectivity index (χ2v) is 6.76. The predicted octanol–water partition coefficient (Wildman–Crippen LogP) is 3.98. The monoisotopic (exact) mass is 417 g/mol. The molecule has 3 rings (SSSR count). The van der Waals surface area contributed by atoms with Crippen LogP contribution in [0, 0.1) is 0 Å². The Bertz CT molecular complexity index is 821. The summed E-state index contributed by atoms with van der Waals surface area (Å²) >= 11 is 3.40. The SMILES string of the molecule is CCC(=O)N1CCc2cc(C(=O)OCCOc3ccccc3Br)ccc21. The summed E-state index contributed by atoms with van der Waals surface area (Å²) in [5, 5.41) is 0. The number of anilines is 1. The highest BCUT2D eigenvalue weighted by atomic mass is 79.9. The Morgan fingerprint density at radius 3 is 2.73 bits per heavy atom. The van der Waals surface area contributed by atoms with Crippen LogP contribution in [0.1, 0.15) is 29.3 Å². The number of rotatable bonds is 6. The zero-order valence-electron chi connectivity index (χ0n) is 14.5. The van der Waals surface area contributed by atoms with Crippen molar-refractivity contribution in [1.29, 1.82) is 0 Å². The minimum absolute atomic E-state index is 0.100. The number of esters is 1. The molecule has 0 spiro atoms. The van der Waals surface area contributed by atoms with Crippen LogP contribution in [0.15, 0.2) is 46.9 Å². The number of carbonyl (C=O) groups is 2. The van der Waals surface area contributed by atoms with Gasteiger partial charge >= 0.3 is 5.97 Å². The van der Waals surface area contributed by atoms with E-state index in [0.29, 0.717) is 24.3 Å². The van der Waals surface area contributed by atoms with E-state index in [1.54, 1.807) is 11.0 Å². The minimum Gasteiger partial charge on any atom is -0.489 e. The molecule has 2 aromatic carbocycles. The Balaban J connectivity index is 1.54. The lowest BCUT2D eigenvalue weighted by atomic mass is 10.1. The van der Waals surface area contributed by atoms with Crippen LogP contribution in [0.3, 0.4) is 0 Å². The van der Waals surface area contributed by atoms with E-state index in [0.717, 1.165) is 22.1 Å². The maximum atomic E-state index is 12.2. The van der Waals surface area contributed by atoms with Gasteiger partial charge in [0, 0.05) is 18.7 Å². The van der Waals surface area contributed by atoms with E-state index < -0.39 is 0 Å². The zero-order valence-corrected chi connectivity index (χ0v) is 16.1. The molecule has 0 aliphatic carbocycles. The van der Waals surface area contributed by atoms with Crippen molar-refractivity contribution in [2.75, 3.05) is 24.7 Å². The van der Waals surface area contributed by atoms with Crippen molar-refractivity contribution in [1.82, 2.24) is 0 Å². The zero-order chi connectivity index (χ0) is 18.5. The molecule has 0 saturated heterocycles. The summed E-state index contributed by atoms with van der Waals surface area (Å²) in [4.78, 5) is 25.9. The molecule has 0 saturated carbocycles. The molecule has 1 aliphatic heterocycles. The lowest BCUT2D eigenvalue weighted by Gasteiger charge is -2.16. The summed E-state index contributed by atoms with van der Waals surface area (Å²) in [7, 11) is 0. The average molecular weight is 418 g/mol. The molecule has 1 aliphatic rings. The number of benzene rings is 2. The average Bonchev–Trinajstić information content (AvgIpc) is 3.09. The van der Waals surface area contributed by atoms with Crippen molar-refractivity contribution >= 4 is 33.5 Å². The third kappa shape index (κ3) is 4.07. The van der Waals surface area contributed by atoms with Crippen LogP contribution >= 0.6 is 15.9 Å². The van der Waals surface area contributed by atoms with Gasteiger partial charge in [-0.1, -0.05) is 19.1 Å². The smallest absolute Gasteiger partial charge is 0.338 e. The first-order valence-electron chi connectivity index (χ1n) is 8.58. The summed E-state index contributed by atoms with van der Waals surface area (Å²) in [6, 6.07) is 12.9. The summed E-state index contributed by atoms with van der Waals surface area (Å²) in [6.07, 6.45) is 1.23.